The van der Waals surface area contributed by atoms with Crippen LogP contribution in [0.1, 0.15) is 16.7 Å². The number of nitrogens with zero attached hydrogens (tertiary/aromatic N) is 5. The topological polar surface area (TPSA) is 101 Å². The van der Waals surface area contributed by atoms with Crippen molar-refractivity contribution >= 4 is 27.5 Å². The van der Waals surface area contributed by atoms with Crippen molar-refractivity contribution < 1.29 is 13.2 Å². The van der Waals surface area contributed by atoms with E-state index < -0.39 is 10.0 Å². The number of pyridine rings is 1. The van der Waals surface area contributed by atoms with Crippen LogP contribution in [0.15, 0.2) is 47.5 Å². The van der Waals surface area contributed by atoms with E-state index in [1.165, 1.54) is 4.31 Å². The average Bonchev–Trinajstić information content (AvgIpc) is 2.82. The van der Waals surface area contributed by atoms with E-state index in [-0.39, 0.29) is 0 Å². The third-order valence-electron chi connectivity index (χ3n) is 5.69. The van der Waals surface area contributed by atoms with Gasteiger partial charge in [0.05, 0.1) is 12.0 Å². The first-order valence-corrected chi connectivity index (χ1v) is 12.2. The maximum Gasteiger partial charge on any atom is 0.243 e. The second-order valence-corrected chi connectivity index (χ2v) is 10.0. The molecule has 0 spiro atoms. The lowest BCUT2D eigenvalue weighted by Gasteiger charge is -2.34. The summed E-state index contributed by atoms with van der Waals surface area (Å²) in [6.45, 7) is 7.45. The number of methoxy groups -OCH3 is 1. The molecule has 1 N–H and O–H groups in total. The van der Waals surface area contributed by atoms with Crippen LogP contribution >= 0.6 is 0 Å². The number of rotatable bonds is 6. The molecule has 1 fully saturated rings. The Bertz CT molecular complexity index is 1220. The smallest absolute Gasteiger partial charge is 0.243 e. The van der Waals surface area contributed by atoms with Crippen molar-refractivity contribution in [3.8, 4) is 5.75 Å². The number of aromatic nitrogens is 3. The van der Waals surface area contributed by atoms with Gasteiger partial charge in [-0.3, -0.25) is 0 Å². The van der Waals surface area contributed by atoms with E-state index in [2.05, 4.69) is 20.5 Å². The lowest BCUT2D eigenvalue weighted by Crippen LogP contribution is -2.49. The van der Waals surface area contributed by atoms with Gasteiger partial charge in [-0.25, -0.2) is 13.4 Å². The molecular weight excluding hydrogens is 440 g/mol. The predicted octanol–water partition coefficient (Wildman–Crippen LogP) is 3.06. The second-order valence-electron chi connectivity index (χ2n) is 8.10. The van der Waals surface area contributed by atoms with Crippen molar-refractivity contribution in [3.63, 3.8) is 0 Å². The Labute approximate surface area is 194 Å². The SMILES string of the molecule is COc1cc(C)c(S(=O)(=O)N2CCN(c3ccc(Nc4ccc(C)cn4)nn3)CC2)cc1C. The molecule has 1 aromatic carbocycles. The summed E-state index contributed by atoms with van der Waals surface area (Å²) in [5.74, 6) is 2.70. The molecule has 0 saturated carbocycles. The van der Waals surface area contributed by atoms with E-state index >= 15 is 0 Å². The molecule has 1 saturated heterocycles. The first kappa shape index (κ1) is 22.9. The van der Waals surface area contributed by atoms with Crippen LogP contribution in [0.5, 0.6) is 5.75 Å². The van der Waals surface area contributed by atoms with E-state index in [9.17, 15) is 8.42 Å². The van der Waals surface area contributed by atoms with Gasteiger partial charge in [-0.15, -0.1) is 10.2 Å². The molecule has 9 nitrogen and oxygen atoms in total. The zero-order valence-corrected chi connectivity index (χ0v) is 20.1. The lowest BCUT2D eigenvalue weighted by molar-refractivity contribution is 0.382. The zero-order chi connectivity index (χ0) is 23.6. The van der Waals surface area contributed by atoms with Crippen LogP contribution in [-0.2, 0) is 10.0 Å². The number of sulfonamides is 1. The van der Waals surface area contributed by atoms with E-state index in [4.69, 9.17) is 4.74 Å². The molecule has 0 atom stereocenters. The Morgan fingerprint density at radius 1 is 0.909 bits per heavy atom. The summed E-state index contributed by atoms with van der Waals surface area (Å²) in [6, 6.07) is 11.0. The molecule has 0 aliphatic carbocycles. The Morgan fingerprint density at radius 2 is 1.64 bits per heavy atom. The van der Waals surface area contributed by atoms with E-state index in [1.807, 2.05) is 43.0 Å². The fourth-order valence-corrected chi connectivity index (χ4v) is 5.50. The summed E-state index contributed by atoms with van der Waals surface area (Å²) in [6.07, 6.45) is 1.78. The monoisotopic (exact) mass is 468 g/mol. The molecule has 1 aliphatic rings. The molecule has 4 rings (SSSR count). The highest BCUT2D eigenvalue weighted by Crippen LogP contribution is 2.28. The predicted molar refractivity (Wildman–Crippen MR) is 128 cm³/mol. The molecule has 174 valence electrons. The quantitative estimate of drug-likeness (QED) is 0.589. The van der Waals surface area contributed by atoms with Crippen LogP contribution in [0.2, 0.25) is 0 Å². The number of anilines is 3. The summed E-state index contributed by atoms with van der Waals surface area (Å²) >= 11 is 0. The second kappa shape index (κ2) is 9.32. The maximum atomic E-state index is 13.3. The molecule has 1 aliphatic heterocycles. The Balaban J connectivity index is 1.41. The third kappa shape index (κ3) is 4.91. The van der Waals surface area contributed by atoms with Gasteiger partial charge in [-0.2, -0.15) is 4.31 Å². The van der Waals surface area contributed by atoms with Crippen LogP contribution in [0.4, 0.5) is 17.5 Å². The number of piperazine rings is 1. The highest BCUT2D eigenvalue weighted by Gasteiger charge is 2.30. The van der Waals surface area contributed by atoms with Gasteiger partial charge in [0.2, 0.25) is 10.0 Å². The van der Waals surface area contributed by atoms with Gasteiger partial charge in [-0.05, 0) is 67.8 Å². The average molecular weight is 469 g/mol. The molecule has 3 heterocycles. The minimum Gasteiger partial charge on any atom is -0.496 e. The Hall–Kier alpha value is -3.24. The highest BCUT2D eigenvalue weighted by atomic mass is 32.2. The summed E-state index contributed by atoms with van der Waals surface area (Å²) in [5, 5.41) is 11.7. The van der Waals surface area contributed by atoms with Crippen LogP contribution in [0, 0.1) is 20.8 Å². The number of benzene rings is 1. The standard InChI is InChI=1S/C23H28N6O3S/c1-16-5-6-21(24-15-16)25-22-7-8-23(27-26-22)28-9-11-29(12-10-28)33(30,31)20-14-17(2)19(32-4)13-18(20)3/h5-8,13-15H,9-12H2,1-4H3,(H,24,25,26). The van der Waals surface area contributed by atoms with Crippen LogP contribution in [-0.4, -0.2) is 61.2 Å². The van der Waals surface area contributed by atoms with Crippen molar-refractivity contribution in [2.24, 2.45) is 0 Å². The molecular formula is C23H28N6O3S. The minimum atomic E-state index is -3.59. The van der Waals surface area contributed by atoms with Crippen LogP contribution in [0.3, 0.4) is 0 Å². The van der Waals surface area contributed by atoms with Gasteiger partial charge >= 0.3 is 0 Å². The summed E-state index contributed by atoms with van der Waals surface area (Å²) in [5.41, 5.74) is 2.56. The molecule has 0 amide bonds. The molecule has 0 radical (unpaired) electrons. The molecule has 33 heavy (non-hydrogen) atoms. The number of ether oxygens (including phenoxy) is 1. The Morgan fingerprint density at radius 3 is 2.24 bits per heavy atom. The molecule has 0 unspecified atom stereocenters. The van der Waals surface area contributed by atoms with E-state index in [0.717, 1.165) is 11.1 Å². The fraction of sp³-hybridized carbons (Fsp3) is 0.348. The molecule has 2 aromatic heterocycles. The lowest BCUT2D eigenvalue weighted by atomic mass is 10.1. The van der Waals surface area contributed by atoms with Crippen LogP contribution < -0.4 is 15.0 Å². The van der Waals surface area contributed by atoms with Crippen molar-refractivity contribution in [3.05, 3.63) is 59.3 Å². The van der Waals surface area contributed by atoms with Gasteiger partial charge < -0.3 is 15.0 Å². The van der Waals surface area contributed by atoms with Gasteiger partial charge in [-0.1, -0.05) is 6.07 Å². The minimum absolute atomic E-state index is 0.328. The van der Waals surface area contributed by atoms with Gasteiger partial charge in [0, 0.05) is 32.4 Å². The third-order valence-corrected chi connectivity index (χ3v) is 7.73. The van der Waals surface area contributed by atoms with Gasteiger partial charge in [0.15, 0.2) is 11.6 Å². The maximum absolute atomic E-state index is 13.3. The number of nitrogens with one attached hydrogen (secondary N) is 1. The van der Waals surface area contributed by atoms with Crippen molar-refractivity contribution in [1.82, 2.24) is 19.5 Å². The highest BCUT2D eigenvalue weighted by molar-refractivity contribution is 7.89. The molecule has 0 bridgehead atoms. The van der Waals surface area contributed by atoms with Crippen molar-refractivity contribution in [2.45, 2.75) is 25.7 Å². The van der Waals surface area contributed by atoms with Crippen LogP contribution in [0.25, 0.3) is 0 Å². The summed E-state index contributed by atoms with van der Waals surface area (Å²) < 4.78 is 33.4. The first-order valence-electron chi connectivity index (χ1n) is 10.7. The number of hydrogen-bond acceptors (Lipinski definition) is 8. The summed E-state index contributed by atoms with van der Waals surface area (Å²) in [4.78, 5) is 6.67. The largest absolute Gasteiger partial charge is 0.496 e. The molecule has 10 heteroatoms. The van der Waals surface area contributed by atoms with Gasteiger partial charge in [0.1, 0.15) is 11.6 Å². The van der Waals surface area contributed by atoms with Crippen molar-refractivity contribution in [2.75, 3.05) is 43.5 Å². The normalized spacial score (nSPS) is 14.8. The summed E-state index contributed by atoms with van der Waals surface area (Å²) in [7, 11) is -2.01. The van der Waals surface area contributed by atoms with Crippen molar-refractivity contribution in [1.29, 1.82) is 0 Å². The number of hydrogen-bond donors (Lipinski definition) is 1. The Kier molecular flexibility index (Phi) is 6.48. The zero-order valence-electron chi connectivity index (χ0n) is 19.2. The first-order chi connectivity index (χ1) is 15.8. The van der Waals surface area contributed by atoms with Gasteiger partial charge in [0.25, 0.3) is 0 Å². The fourth-order valence-electron chi connectivity index (χ4n) is 3.79. The van der Waals surface area contributed by atoms with E-state index in [0.29, 0.717) is 59.8 Å². The van der Waals surface area contributed by atoms with E-state index in [1.54, 1.807) is 32.4 Å². The molecule has 3 aromatic rings. The number of aryl methyl sites for hydroxylation is 3.